The Morgan fingerprint density at radius 2 is 2.50 bits per heavy atom. The molecule has 2 heterocycles. The smallest absolute Gasteiger partial charge is 0.354 e. The molecule has 1 aliphatic rings. The molecule has 5 heteroatoms. The van der Waals surface area contributed by atoms with Crippen molar-refractivity contribution in [2.75, 3.05) is 13.2 Å². The predicted molar refractivity (Wildman–Crippen MR) is 55.7 cm³/mol. The maximum atomic E-state index is 10.6. The number of hydrogen-bond acceptors (Lipinski definition) is 4. The summed E-state index contributed by atoms with van der Waals surface area (Å²) in [4.78, 5) is 14.3. The normalized spacial score (nSPS) is 19.6. The molecule has 0 bridgehead atoms. The maximum Gasteiger partial charge on any atom is 0.354 e. The van der Waals surface area contributed by atoms with Crippen molar-refractivity contribution in [1.29, 1.82) is 0 Å². The van der Waals surface area contributed by atoms with Gasteiger partial charge in [-0.25, -0.2) is 9.78 Å². The molecule has 1 aromatic heterocycles. The highest BCUT2D eigenvalue weighted by Gasteiger charge is 2.16. The van der Waals surface area contributed by atoms with E-state index in [0.29, 0.717) is 12.4 Å². The molecule has 5 nitrogen and oxygen atoms in total. The molecular weight excluding hydrogens is 210 g/mol. The van der Waals surface area contributed by atoms with E-state index in [0.717, 1.165) is 19.4 Å². The highest BCUT2D eigenvalue weighted by Crippen LogP contribution is 2.15. The Hall–Kier alpha value is -1.62. The van der Waals surface area contributed by atoms with E-state index >= 15 is 0 Å². The Balaban J connectivity index is 1.87. The lowest BCUT2D eigenvalue weighted by molar-refractivity contribution is 0.0670. The number of nitrogens with zero attached hydrogens (tertiary/aromatic N) is 1. The van der Waals surface area contributed by atoms with Crippen LogP contribution >= 0.6 is 0 Å². The zero-order valence-corrected chi connectivity index (χ0v) is 8.76. The summed E-state index contributed by atoms with van der Waals surface area (Å²) in [6.07, 6.45) is 3.66. The van der Waals surface area contributed by atoms with Crippen LogP contribution < -0.4 is 4.74 Å². The molecule has 0 saturated carbocycles. The van der Waals surface area contributed by atoms with Crippen LogP contribution in [0.25, 0.3) is 0 Å². The number of ether oxygens (including phenoxy) is 2. The summed E-state index contributed by atoms with van der Waals surface area (Å²) < 4.78 is 10.8. The van der Waals surface area contributed by atoms with Crippen LogP contribution in [0.1, 0.15) is 23.3 Å². The summed E-state index contributed by atoms with van der Waals surface area (Å²) in [5.74, 6) is -0.467. The highest BCUT2D eigenvalue weighted by molar-refractivity contribution is 5.85. The van der Waals surface area contributed by atoms with Crippen LogP contribution in [0.15, 0.2) is 18.3 Å². The fourth-order valence-electron chi connectivity index (χ4n) is 1.56. The second-order valence-electron chi connectivity index (χ2n) is 3.63. The summed E-state index contributed by atoms with van der Waals surface area (Å²) in [5.41, 5.74) is 0.0180. The SMILES string of the molecule is O=C(O)c1ccc(OCC2CCCO2)cn1. The van der Waals surface area contributed by atoms with Gasteiger partial charge in [0.1, 0.15) is 18.1 Å². The Morgan fingerprint density at radius 1 is 1.62 bits per heavy atom. The van der Waals surface area contributed by atoms with Crippen LogP contribution in [0.2, 0.25) is 0 Å². The van der Waals surface area contributed by atoms with E-state index in [4.69, 9.17) is 14.6 Å². The Labute approximate surface area is 93.0 Å². The molecule has 1 saturated heterocycles. The molecule has 0 amide bonds. The van der Waals surface area contributed by atoms with E-state index in [1.807, 2.05) is 0 Å². The monoisotopic (exact) mass is 223 g/mol. The van der Waals surface area contributed by atoms with E-state index in [-0.39, 0.29) is 11.8 Å². The Bertz CT molecular complexity index is 357. The van der Waals surface area contributed by atoms with Gasteiger partial charge in [0.25, 0.3) is 0 Å². The summed E-state index contributed by atoms with van der Waals surface area (Å²) in [6.45, 7) is 1.29. The van der Waals surface area contributed by atoms with Crippen molar-refractivity contribution < 1.29 is 19.4 Å². The van der Waals surface area contributed by atoms with Crippen molar-refractivity contribution >= 4 is 5.97 Å². The van der Waals surface area contributed by atoms with Gasteiger partial charge in [-0.1, -0.05) is 0 Å². The highest BCUT2D eigenvalue weighted by atomic mass is 16.5. The molecule has 1 atom stereocenters. The summed E-state index contributed by atoms with van der Waals surface area (Å²) in [6, 6.07) is 3.03. The van der Waals surface area contributed by atoms with Gasteiger partial charge in [-0.15, -0.1) is 0 Å². The molecule has 86 valence electrons. The van der Waals surface area contributed by atoms with Crippen molar-refractivity contribution in [2.24, 2.45) is 0 Å². The molecule has 1 N–H and O–H groups in total. The fourth-order valence-corrected chi connectivity index (χ4v) is 1.56. The first-order valence-corrected chi connectivity index (χ1v) is 5.19. The molecule has 1 fully saturated rings. The number of aromatic nitrogens is 1. The van der Waals surface area contributed by atoms with Gasteiger partial charge in [0.15, 0.2) is 0 Å². The van der Waals surface area contributed by atoms with Crippen LogP contribution in [0.4, 0.5) is 0 Å². The Kier molecular flexibility index (Phi) is 3.36. The topological polar surface area (TPSA) is 68.7 Å². The number of carboxylic acid groups (broad SMARTS) is 1. The second kappa shape index (κ2) is 4.94. The molecule has 1 unspecified atom stereocenters. The number of carbonyl (C=O) groups is 1. The number of pyridine rings is 1. The van der Waals surface area contributed by atoms with Gasteiger partial charge >= 0.3 is 5.97 Å². The molecule has 0 spiro atoms. The van der Waals surface area contributed by atoms with Gasteiger partial charge in [0.05, 0.1) is 12.3 Å². The quantitative estimate of drug-likeness (QED) is 0.834. The van der Waals surface area contributed by atoms with Crippen molar-refractivity contribution in [3.8, 4) is 5.75 Å². The summed E-state index contributed by atoms with van der Waals surface area (Å²) >= 11 is 0. The van der Waals surface area contributed by atoms with Crippen LogP contribution in [0, 0.1) is 0 Å². The lowest BCUT2D eigenvalue weighted by atomic mass is 10.2. The molecule has 1 aliphatic heterocycles. The standard InChI is InChI=1S/C11H13NO4/c13-11(14)10-4-3-8(6-12-10)16-7-9-2-1-5-15-9/h3-4,6,9H,1-2,5,7H2,(H,13,14). The van der Waals surface area contributed by atoms with Gasteiger partial charge < -0.3 is 14.6 Å². The van der Waals surface area contributed by atoms with Crippen molar-refractivity contribution in [3.63, 3.8) is 0 Å². The number of carboxylic acids is 1. The zero-order chi connectivity index (χ0) is 11.4. The van der Waals surface area contributed by atoms with Crippen LogP contribution in [0.3, 0.4) is 0 Å². The van der Waals surface area contributed by atoms with E-state index < -0.39 is 5.97 Å². The van der Waals surface area contributed by atoms with Gasteiger partial charge in [-0.3, -0.25) is 0 Å². The minimum absolute atomic E-state index is 0.0180. The summed E-state index contributed by atoms with van der Waals surface area (Å²) in [5, 5.41) is 8.65. The van der Waals surface area contributed by atoms with Crippen molar-refractivity contribution in [2.45, 2.75) is 18.9 Å². The third-order valence-electron chi connectivity index (χ3n) is 2.42. The molecular formula is C11H13NO4. The van der Waals surface area contributed by atoms with Gasteiger partial charge in [0, 0.05) is 6.61 Å². The zero-order valence-electron chi connectivity index (χ0n) is 8.76. The van der Waals surface area contributed by atoms with Crippen LogP contribution in [0.5, 0.6) is 5.75 Å². The third kappa shape index (κ3) is 2.70. The van der Waals surface area contributed by atoms with Gasteiger partial charge in [-0.05, 0) is 25.0 Å². The molecule has 16 heavy (non-hydrogen) atoms. The van der Waals surface area contributed by atoms with Gasteiger partial charge in [-0.2, -0.15) is 0 Å². The molecule has 0 radical (unpaired) electrons. The average molecular weight is 223 g/mol. The van der Waals surface area contributed by atoms with E-state index in [2.05, 4.69) is 4.98 Å². The lowest BCUT2D eigenvalue weighted by Crippen LogP contribution is -2.16. The average Bonchev–Trinajstić information content (AvgIpc) is 2.80. The molecule has 1 aromatic rings. The van der Waals surface area contributed by atoms with E-state index in [1.165, 1.54) is 12.3 Å². The minimum atomic E-state index is -1.04. The van der Waals surface area contributed by atoms with Gasteiger partial charge in [0.2, 0.25) is 0 Å². The first kappa shape index (κ1) is 10.9. The number of aromatic carboxylic acids is 1. The largest absolute Gasteiger partial charge is 0.489 e. The first-order chi connectivity index (χ1) is 7.75. The fraction of sp³-hybridized carbons (Fsp3) is 0.455. The Morgan fingerprint density at radius 3 is 3.06 bits per heavy atom. The molecule has 0 aliphatic carbocycles. The minimum Gasteiger partial charge on any atom is -0.489 e. The first-order valence-electron chi connectivity index (χ1n) is 5.19. The third-order valence-corrected chi connectivity index (χ3v) is 2.42. The van der Waals surface area contributed by atoms with Crippen LogP contribution in [-0.4, -0.2) is 35.4 Å². The maximum absolute atomic E-state index is 10.6. The van der Waals surface area contributed by atoms with E-state index in [1.54, 1.807) is 6.07 Å². The summed E-state index contributed by atoms with van der Waals surface area (Å²) in [7, 11) is 0. The lowest BCUT2D eigenvalue weighted by Gasteiger charge is -2.10. The van der Waals surface area contributed by atoms with Crippen LogP contribution in [-0.2, 0) is 4.74 Å². The van der Waals surface area contributed by atoms with E-state index in [9.17, 15) is 4.79 Å². The molecule has 2 rings (SSSR count). The number of hydrogen-bond donors (Lipinski definition) is 1. The van der Waals surface area contributed by atoms with Crippen molar-refractivity contribution in [1.82, 2.24) is 4.98 Å². The number of rotatable bonds is 4. The second-order valence-corrected chi connectivity index (χ2v) is 3.63. The molecule has 0 aromatic carbocycles. The van der Waals surface area contributed by atoms with Crippen molar-refractivity contribution in [3.05, 3.63) is 24.0 Å². The predicted octanol–water partition coefficient (Wildman–Crippen LogP) is 1.34.